The van der Waals surface area contributed by atoms with Crippen molar-refractivity contribution < 1.29 is 9.53 Å². The van der Waals surface area contributed by atoms with Crippen LogP contribution in [0.15, 0.2) is 0 Å². The zero-order valence-electron chi connectivity index (χ0n) is 10.8. The third-order valence-corrected chi connectivity index (χ3v) is 3.70. The lowest BCUT2D eigenvalue weighted by Crippen LogP contribution is -2.35. The van der Waals surface area contributed by atoms with E-state index >= 15 is 0 Å². The predicted octanol–water partition coefficient (Wildman–Crippen LogP) is 2.35. The average Bonchev–Trinajstić information content (AvgIpc) is 2.29. The molecule has 0 aromatic carbocycles. The van der Waals surface area contributed by atoms with Gasteiger partial charge in [-0.05, 0) is 37.5 Å². The number of carbonyl (C=O) groups is 1. The molecule has 1 aliphatic rings. The number of esters is 1. The van der Waals surface area contributed by atoms with Gasteiger partial charge in [0.25, 0.3) is 0 Å². The van der Waals surface area contributed by atoms with Gasteiger partial charge in [0, 0.05) is 12.6 Å². The van der Waals surface area contributed by atoms with Crippen LogP contribution in [0.4, 0.5) is 0 Å². The molecule has 0 heterocycles. The number of rotatable bonds is 5. The lowest BCUT2D eigenvalue weighted by atomic mass is 9.80. The normalized spacial score (nSPS) is 25.8. The van der Waals surface area contributed by atoms with E-state index in [1.165, 1.54) is 32.8 Å². The summed E-state index contributed by atoms with van der Waals surface area (Å²) in [6.45, 7) is 5.38. The van der Waals surface area contributed by atoms with Gasteiger partial charge in [-0.25, -0.2) is 0 Å². The number of hydrogen-bond donors (Lipinski definition) is 1. The monoisotopic (exact) mass is 227 g/mol. The van der Waals surface area contributed by atoms with E-state index < -0.39 is 0 Å². The third-order valence-electron chi connectivity index (χ3n) is 3.70. The lowest BCUT2D eigenvalue weighted by molar-refractivity contribution is -0.140. The Morgan fingerprint density at radius 3 is 2.44 bits per heavy atom. The quantitative estimate of drug-likeness (QED) is 0.733. The number of ether oxygens (including phenoxy) is 1. The third kappa shape index (κ3) is 4.52. The maximum absolute atomic E-state index is 10.9. The molecule has 16 heavy (non-hydrogen) atoms. The van der Waals surface area contributed by atoms with Crippen LogP contribution in [0.25, 0.3) is 0 Å². The van der Waals surface area contributed by atoms with Crippen LogP contribution in [-0.2, 0) is 9.53 Å². The zero-order valence-corrected chi connectivity index (χ0v) is 10.8. The summed E-state index contributed by atoms with van der Waals surface area (Å²) in [5.74, 6) is 1.60. The predicted molar refractivity (Wildman–Crippen MR) is 65.2 cm³/mol. The molecule has 0 saturated heterocycles. The molecular weight excluding hydrogens is 202 g/mol. The highest BCUT2D eigenvalue weighted by Crippen LogP contribution is 2.29. The molecule has 0 aromatic rings. The van der Waals surface area contributed by atoms with Crippen molar-refractivity contribution >= 4 is 5.97 Å². The Kier molecular flexibility index (Phi) is 5.81. The van der Waals surface area contributed by atoms with Gasteiger partial charge in [0.15, 0.2) is 0 Å². The van der Waals surface area contributed by atoms with E-state index in [2.05, 4.69) is 23.9 Å². The Morgan fingerprint density at radius 2 is 1.94 bits per heavy atom. The molecule has 0 radical (unpaired) electrons. The highest BCUT2D eigenvalue weighted by molar-refractivity contribution is 5.69. The number of carbonyl (C=O) groups excluding carboxylic acids is 1. The largest absolute Gasteiger partial charge is 0.469 e. The number of methoxy groups -OCH3 is 1. The number of hydrogen-bond acceptors (Lipinski definition) is 3. The van der Waals surface area contributed by atoms with Crippen molar-refractivity contribution in [2.75, 3.05) is 13.7 Å². The summed E-state index contributed by atoms with van der Waals surface area (Å²) in [4.78, 5) is 10.9. The van der Waals surface area contributed by atoms with Crippen LogP contribution in [0.2, 0.25) is 0 Å². The second-order valence-corrected chi connectivity index (χ2v) is 5.14. The molecule has 1 saturated carbocycles. The van der Waals surface area contributed by atoms with Gasteiger partial charge in [0.2, 0.25) is 0 Å². The average molecular weight is 227 g/mol. The lowest BCUT2D eigenvalue weighted by Gasteiger charge is -2.31. The molecular formula is C13H25NO2. The van der Waals surface area contributed by atoms with E-state index in [4.69, 9.17) is 0 Å². The molecule has 0 aromatic heterocycles. The van der Waals surface area contributed by atoms with Crippen LogP contribution in [0.3, 0.4) is 0 Å². The summed E-state index contributed by atoms with van der Waals surface area (Å²) >= 11 is 0. The molecule has 0 atom stereocenters. The minimum absolute atomic E-state index is 0.122. The molecule has 1 N–H and O–H groups in total. The number of nitrogens with one attached hydrogen (secondary N) is 1. The van der Waals surface area contributed by atoms with E-state index in [-0.39, 0.29) is 5.97 Å². The summed E-state index contributed by atoms with van der Waals surface area (Å²) in [5, 5.41) is 3.45. The summed E-state index contributed by atoms with van der Waals surface area (Å²) in [5.41, 5.74) is 0. The molecule has 0 unspecified atom stereocenters. The minimum atomic E-state index is -0.122. The highest BCUT2D eigenvalue weighted by Gasteiger charge is 2.22. The maximum atomic E-state index is 10.9. The Morgan fingerprint density at radius 1 is 1.31 bits per heavy atom. The molecule has 0 bridgehead atoms. The van der Waals surface area contributed by atoms with Crippen molar-refractivity contribution in [1.29, 1.82) is 0 Å². The van der Waals surface area contributed by atoms with Crippen molar-refractivity contribution in [1.82, 2.24) is 5.32 Å². The van der Waals surface area contributed by atoms with Crippen molar-refractivity contribution in [2.45, 2.75) is 52.0 Å². The van der Waals surface area contributed by atoms with Crippen molar-refractivity contribution in [3.05, 3.63) is 0 Å². The minimum Gasteiger partial charge on any atom is -0.469 e. The van der Waals surface area contributed by atoms with E-state index in [1.807, 2.05) is 0 Å². The van der Waals surface area contributed by atoms with Gasteiger partial charge in [-0.3, -0.25) is 4.79 Å². The van der Waals surface area contributed by atoms with Crippen LogP contribution < -0.4 is 5.32 Å². The standard InChI is InChI=1S/C13H25NO2/c1-10(2)11-4-6-12(7-5-11)14-9-8-13(15)16-3/h10-12,14H,4-9H2,1-3H3. The SMILES string of the molecule is COC(=O)CCNC1CCC(C(C)C)CC1. The van der Waals surface area contributed by atoms with Crippen LogP contribution in [-0.4, -0.2) is 25.7 Å². The fourth-order valence-corrected chi connectivity index (χ4v) is 2.47. The van der Waals surface area contributed by atoms with E-state index in [9.17, 15) is 4.79 Å². The van der Waals surface area contributed by atoms with Crippen LogP contribution in [0.5, 0.6) is 0 Å². The van der Waals surface area contributed by atoms with E-state index in [0.717, 1.165) is 18.4 Å². The highest BCUT2D eigenvalue weighted by atomic mass is 16.5. The summed E-state index contributed by atoms with van der Waals surface area (Å²) in [7, 11) is 1.44. The van der Waals surface area contributed by atoms with Crippen LogP contribution >= 0.6 is 0 Å². The first kappa shape index (κ1) is 13.5. The maximum Gasteiger partial charge on any atom is 0.306 e. The van der Waals surface area contributed by atoms with Gasteiger partial charge in [-0.15, -0.1) is 0 Å². The van der Waals surface area contributed by atoms with Gasteiger partial charge in [0.05, 0.1) is 13.5 Å². The van der Waals surface area contributed by atoms with Gasteiger partial charge in [-0.1, -0.05) is 13.8 Å². The first-order valence-electron chi connectivity index (χ1n) is 6.43. The zero-order chi connectivity index (χ0) is 12.0. The Labute approximate surface area is 98.9 Å². The van der Waals surface area contributed by atoms with Crippen molar-refractivity contribution in [2.24, 2.45) is 11.8 Å². The Balaban J connectivity index is 2.10. The molecule has 94 valence electrons. The molecule has 0 aliphatic heterocycles. The molecule has 0 spiro atoms. The first-order chi connectivity index (χ1) is 7.63. The fourth-order valence-electron chi connectivity index (χ4n) is 2.47. The van der Waals surface area contributed by atoms with Crippen molar-refractivity contribution in [3.8, 4) is 0 Å². The first-order valence-corrected chi connectivity index (χ1v) is 6.43. The Bertz CT molecular complexity index is 208. The van der Waals surface area contributed by atoms with E-state index in [0.29, 0.717) is 12.5 Å². The summed E-state index contributed by atoms with van der Waals surface area (Å²) in [6, 6.07) is 0.611. The summed E-state index contributed by atoms with van der Waals surface area (Å²) in [6.07, 6.45) is 5.65. The fraction of sp³-hybridized carbons (Fsp3) is 0.923. The second kappa shape index (κ2) is 6.89. The molecule has 1 rings (SSSR count). The molecule has 1 aliphatic carbocycles. The Hall–Kier alpha value is -0.570. The molecule has 3 heteroatoms. The topological polar surface area (TPSA) is 38.3 Å². The molecule has 0 amide bonds. The van der Waals surface area contributed by atoms with Crippen molar-refractivity contribution in [3.63, 3.8) is 0 Å². The van der Waals surface area contributed by atoms with Gasteiger partial charge < -0.3 is 10.1 Å². The smallest absolute Gasteiger partial charge is 0.306 e. The molecule has 1 fully saturated rings. The van der Waals surface area contributed by atoms with Gasteiger partial charge >= 0.3 is 5.97 Å². The molecule has 3 nitrogen and oxygen atoms in total. The van der Waals surface area contributed by atoms with Crippen LogP contribution in [0.1, 0.15) is 46.0 Å². The summed E-state index contributed by atoms with van der Waals surface area (Å²) < 4.78 is 4.61. The van der Waals surface area contributed by atoms with Crippen LogP contribution in [0, 0.1) is 11.8 Å². The van der Waals surface area contributed by atoms with E-state index in [1.54, 1.807) is 0 Å². The van der Waals surface area contributed by atoms with Gasteiger partial charge in [0.1, 0.15) is 0 Å². The second-order valence-electron chi connectivity index (χ2n) is 5.14. The van der Waals surface area contributed by atoms with Gasteiger partial charge in [-0.2, -0.15) is 0 Å².